The van der Waals surface area contributed by atoms with Crippen LogP contribution in [0.1, 0.15) is 21.7 Å². The van der Waals surface area contributed by atoms with E-state index in [9.17, 15) is 14.4 Å². The van der Waals surface area contributed by atoms with E-state index in [1.54, 1.807) is 6.07 Å². The van der Waals surface area contributed by atoms with Crippen LogP contribution >= 0.6 is 15.9 Å². The molecule has 8 heteroatoms. The van der Waals surface area contributed by atoms with Gasteiger partial charge in [-0.15, -0.1) is 0 Å². The molecule has 0 spiro atoms. The van der Waals surface area contributed by atoms with Gasteiger partial charge in [-0.05, 0) is 65.2 Å². The van der Waals surface area contributed by atoms with Crippen LogP contribution in [0.15, 0.2) is 39.4 Å². The van der Waals surface area contributed by atoms with Gasteiger partial charge in [-0.1, -0.05) is 6.07 Å². The van der Waals surface area contributed by atoms with Crippen molar-refractivity contribution in [3.05, 3.63) is 51.9 Å². The summed E-state index contributed by atoms with van der Waals surface area (Å²) in [6.07, 6.45) is 0. The minimum absolute atomic E-state index is 0.0623. The van der Waals surface area contributed by atoms with Crippen molar-refractivity contribution in [1.29, 1.82) is 0 Å². The van der Waals surface area contributed by atoms with Gasteiger partial charge in [-0.2, -0.15) is 0 Å². The number of carbonyl (C=O) groups excluding carboxylic acids is 3. The van der Waals surface area contributed by atoms with E-state index in [0.29, 0.717) is 10.4 Å². The van der Waals surface area contributed by atoms with E-state index in [1.165, 1.54) is 6.07 Å². The third-order valence-corrected chi connectivity index (χ3v) is 3.49. The van der Waals surface area contributed by atoms with Crippen LogP contribution in [0.4, 0.5) is 5.69 Å². The largest absolute Gasteiger partial charge is 0.454 e. The molecule has 2 N–H and O–H groups in total. The molecule has 0 unspecified atom stereocenters. The van der Waals surface area contributed by atoms with Crippen molar-refractivity contribution in [3.63, 3.8) is 0 Å². The molecule has 0 aliphatic heterocycles. The number of esters is 1. The van der Waals surface area contributed by atoms with Gasteiger partial charge in [0.05, 0.1) is 0 Å². The first-order valence-corrected chi connectivity index (χ1v) is 8.20. The number of benzene rings is 1. The Morgan fingerprint density at radius 3 is 2.40 bits per heavy atom. The molecule has 0 saturated carbocycles. The summed E-state index contributed by atoms with van der Waals surface area (Å²) in [5.74, 6) is -1.68. The highest BCUT2D eigenvalue weighted by molar-refractivity contribution is 9.10. The van der Waals surface area contributed by atoms with Crippen LogP contribution in [0.5, 0.6) is 0 Å². The normalized spacial score (nSPS) is 10.2. The van der Waals surface area contributed by atoms with Crippen LogP contribution in [0.25, 0.3) is 0 Å². The summed E-state index contributed by atoms with van der Waals surface area (Å²) in [5.41, 5.74) is 2.66. The number of ether oxygens (including phenoxy) is 1. The van der Waals surface area contributed by atoms with Crippen molar-refractivity contribution in [2.24, 2.45) is 0 Å². The molecular weight excluding hydrogens is 392 g/mol. The average molecular weight is 409 g/mol. The Morgan fingerprint density at radius 2 is 1.80 bits per heavy atom. The highest BCUT2D eigenvalue weighted by atomic mass is 79.9. The molecule has 0 aliphatic rings. The maximum absolute atomic E-state index is 11.8. The van der Waals surface area contributed by atoms with Gasteiger partial charge in [-0.3, -0.25) is 14.4 Å². The second-order valence-corrected chi connectivity index (χ2v) is 6.15. The van der Waals surface area contributed by atoms with Gasteiger partial charge in [0, 0.05) is 5.69 Å². The van der Waals surface area contributed by atoms with E-state index in [0.717, 1.165) is 11.1 Å². The Morgan fingerprint density at radius 1 is 1.12 bits per heavy atom. The van der Waals surface area contributed by atoms with Crippen LogP contribution in [0.2, 0.25) is 0 Å². The fourth-order valence-corrected chi connectivity index (χ4v) is 2.42. The highest BCUT2D eigenvalue weighted by Gasteiger charge is 2.13. The molecule has 2 aromatic rings. The van der Waals surface area contributed by atoms with Crippen LogP contribution in [-0.2, 0) is 14.3 Å². The number of carbonyl (C=O) groups is 3. The summed E-state index contributed by atoms with van der Waals surface area (Å²) < 4.78 is 10.3. The topological polar surface area (TPSA) is 97.6 Å². The van der Waals surface area contributed by atoms with E-state index in [1.807, 2.05) is 32.0 Å². The number of furan rings is 1. The van der Waals surface area contributed by atoms with Gasteiger partial charge >= 0.3 is 5.97 Å². The number of hydrogen-bond acceptors (Lipinski definition) is 5. The number of hydrogen-bond donors (Lipinski definition) is 2. The summed E-state index contributed by atoms with van der Waals surface area (Å²) in [6, 6.07) is 8.63. The zero-order valence-corrected chi connectivity index (χ0v) is 15.3. The molecule has 0 saturated heterocycles. The fraction of sp³-hybridized carbons (Fsp3) is 0.235. The second kappa shape index (κ2) is 8.48. The highest BCUT2D eigenvalue weighted by Crippen LogP contribution is 2.14. The van der Waals surface area contributed by atoms with Crippen molar-refractivity contribution in [3.8, 4) is 0 Å². The molecule has 2 amide bonds. The van der Waals surface area contributed by atoms with E-state index >= 15 is 0 Å². The second-order valence-electron chi connectivity index (χ2n) is 5.37. The number of aryl methyl sites for hydroxylation is 2. The lowest BCUT2D eigenvalue weighted by molar-refractivity contribution is -0.146. The molecule has 1 aromatic heterocycles. The minimum Gasteiger partial charge on any atom is -0.454 e. The lowest BCUT2D eigenvalue weighted by Crippen LogP contribution is -2.32. The van der Waals surface area contributed by atoms with Gasteiger partial charge in [-0.25, -0.2) is 0 Å². The Bertz CT molecular complexity index is 780. The predicted molar refractivity (Wildman–Crippen MR) is 94.2 cm³/mol. The standard InChI is InChI=1S/C17H17BrN2O5/c1-10-5-11(2)7-12(6-10)20-15(21)9-24-16(22)8-19-17(23)13-3-4-14(18)25-13/h3-7H,8-9H2,1-2H3,(H,19,23)(H,20,21). The summed E-state index contributed by atoms with van der Waals surface area (Å²) in [5, 5.41) is 4.99. The molecule has 2 rings (SSSR count). The third kappa shape index (κ3) is 6.07. The first kappa shape index (κ1) is 18.7. The van der Waals surface area contributed by atoms with E-state index in [-0.39, 0.29) is 12.3 Å². The van der Waals surface area contributed by atoms with Crippen molar-refractivity contribution >= 4 is 39.4 Å². The molecule has 1 aromatic carbocycles. The van der Waals surface area contributed by atoms with Crippen molar-refractivity contribution < 1.29 is 23.5 Å². The molecule has 1 heterocycles. The zero-order chi connectivity index (χ0) is 18.4. The number of amides is 2. The number of halogens is 1. The number of anilines is 1. The van der Waals surface area contributed by atoms with Crippen molar-refractivity contribution in [2.75, 3.05) is 18.5 Å². The van der Waals surface area contributed by atoms with Gasteiger partial charge in [0.25, 0.3) is 11.8 Å². The quantitative estimate of drug-likeness (QED) is 0.715. The molecule has 0 radical (unpaired) electrons. The monoisotopic (exact) mass is 408 g/mol. The lowest BCUT2D eigenvalue weighted by Gasteiger charge is -2.08. The molecule has 7 nitrogen and oxygen atoms in total. The SMILES string of the molecule is Cc1cc(C)cc(NC(=O)COC(=O)CNC(=O)c2ccc(Br)o2)c1. The van der Waals surface area contributed by atoms with Crippen LogP contribution in [0, 0.1) is 13.8 Å². The van der Waals surface area contributed by atoms with Crippen LogP contribution < -0.4 is 10.6 Å². The molecular formula is C17H17BrN2O5. The summed E-state index contributed by atoms with van der Waals surface area (Å²) in [7, 11) is 0. The molecule has 0 fully saturated rings. The molecule has 0 atom stereocenters. The smallest absolute Gasteiger partial charge is 0.325 e. The Labute approximate surface area is 152 Å². The van der Waals surface area contributed by atoms with Crippen LogP contribution in [-0.4, -0.2) is 30.9 Å². The third-order valence-electron chi connectivity index (χ3n) is 3.06. The fourth-order valence-electron chi connectivity index (χ4n) is 2.12. The predicted octanol–water partition coefficient (Wildman–Crippen LogP) is 2.57. The van der Waals surface area contributed by atoms with Gasteiger partial charge in [0.1, 0.15) is 6.54 Å². The number of rotatable bonds is 6. The molecule has 0 aliphatic carbocycles. The zero-order valence-electron chi connectivity index (χ0n) is 13.7. The Hall–Kier alpha value is -2.61. The number of nitrogens with one attached hydrogen (secondary N) is 2. The van der Waals surface area contributed by atoms with Crippen molar-refractivity contribution in [1.82, 2.24) is 5.32 Å². The van der Waals surface area contributed by atoms with Gasteiger partial charge in [0.2, 0.25) is 0 Å². The summed E-state index contributed by atoms with van der Waals surface area (Å²) in [4.78, 5) is 35.1. The average Bonchev–Trinajstić information content (AvgIpc) is 2.96. The molecule has 25 heavy (non-hydrogen) atoms. The minimum atomic E-state index is -0.727. The van der Waals surface area contributed by atoms with E-state index in [4.69, 9.17) is 9.15 Å². The Kier molecular flexibility index (Phi) is 6.35. The van der Waals surface area contributed by atoms with Gasteiger partial charge in [0.15, 0.2) is 17.0 Å². The molecule has 0 bridgehead atoms. The van der Waals surface area contributed by atoms with Gasteiger partial charge < -0.3 is 19.8 Å². The summed E-state index contributed by atoms with van der Waals surface area (Å²) >= 11 is 3.07. The van der Waals surface area contributed by atoms with E-state index < -0.39 is 24.4 Å². The lowest BCUT2D eigenvalue weighted by atomic mass is 10.1. The molecule has 132 valence electrons. The summed E-state index contributed by atoms with van der Waals surface area (Å²) in [6.45, 7) is 3.04. The first-order valence-electron chi connectivity index (χ1n) is 7.41. The maximum atomic E-state index is 11.8. The Balaban J connectivity index is 1.73. The maximum Gasteiger partial charge on any atom is 0.325 e. The van der Waals surface area contributed by atoms with Crippen molar-refractivity contribution in [2.45, 2.75) is 13.8 Å². The van der Waals surface area contributed by atoms with Crippen LogP contribution in [0.3, 0.4) is 0 Å². The first-order chi connectivity index (χ1) is 11.8. The van der Waals surface area contributed by atoms with E-state index in [2.05, 4.69) is 26.6 Å².